The highest BCUT2D eigenvalue weighted by atomic mass is 32.2. The Kier molecular flexibility index (Phi) is 3.71. The van der Waals surface area contributed by atoms with Gasteiger partial charge in [-0.1, -0.05) is 12.1 Å². The van der Waals surface area contributed by atoms with Crippen molar-refractivity contribution in [2.75, 3.05) is 23.0 Å². The van der Waals surface area contributed by atoms with E-state index >= 15 is 0 Å². The Balaban J connectivity index is 2.39. The third kappa shape index (κ3) is 2.40. The summed E-state index contributed by atoms with van der Waals surface area (Å²) in [6.45, 7) is 0.506. The van der Waals surface area contributed by atoms with Gasteiger partial charge in [-0.25, -0.2) is 4.79 Å². The molecule has 1 aromatic rings. The number of benzene rings is 1. The highest BCUT2D eigenvalue weighted by Crippen LogP contribution is 2.32. The molecule has 1 saturated heterocycles. The summed E-state index contributed by atoms with van der Waals surface area (Å²) >= 11 is 1.55. The van der Waals surface area contributed by atoms with Crippen LogP contribution in [0.5, 0.6) is 0 Å². The van der Waals surface area contributed by atoms with Crippen LogP contribution in [0.2, 0.25) is 0 Å². The van der Waals surface area contributed by atoms with Crippen LogP contribution in [0, 0.1) is 10.1 Å². The molecule has 1 fully saturated rings. The molecule has 0 saturated carbocycles. The van der Waals surface area contributed by atoms with E-state index in [1.807, 2.05) is 0 Å². The Labute approximate surface area is 108 Å². The van der Waals surface area contributed by atoms with Crippen LogP contribution in [0.1, 0.15) is 0 Å². The maximum atomic E-state index is 11.2. The number of thioether (sulfide) groups is 1. The molecule has 96 valence electrons. The second-order valence-electron chi connectivity index (χ2n) is 3.87. The minimum atomic E-state index is -0.944. The average molecular weight is 268 g/mol. The number of nitrogens with zero attached hydrogens (tertiary/aromatic N) is 2. The summed E-state index contributed by atoms with van der Waals surface area (Å²) in [6.07, 6.45) is 0. The van der Waals surface area contributed by atoms with Crippen molar-refractivity contribution in [3.63, 3.8) is 0 Å². The van der Waals surface area contributed by atoms with Crippen LogP contribution >= 0.6 is 11.8 Å². The number of anilines is 1. The zero-order valence-electron chi connectivity index (χ0n) is 9.48. The first kappa shape index (κ1) is 12.7. The number of carboxylic acids is 1. The lowest BCUT2D eigenvalue weighted by atomic mass is 10.2. The fourth-order valence-corrected chi connectivity index (χ4v) is 3.00. The summed E-state index contributed by atoms with van der Waals surface area (Å²) in [5.74, 6) is 0.275. The first-order valence-corrected chi connectivity index (χ1v) is 6.57. The zero-order chi connectivity index (χ0) is 13.1. The van der Waals surface area contributed by atoms with Crippen molar-refractivity contribution in [2.24, 2.45) is 0 Å². The molecule has 1 aliphatic heterocycles. The molecule has 0 bridgehead atoms. The Morgan fingerprint density at radius 2 is 2.22 bits per heavy atom. The fourth-order valence-electron chi connectivity index (χ4n) is 1.96. The molecule has 1 aromatic carbocycles. The van der Waals surface area contributed by atoms with Gasteiger partial charge in [0.15, 0.2) is 0 Å². The van der Waals surface area contributed by atoms with Crippen molar-refractivity contribution in [3.8, 4) is 0 Å². The maximum Gasteiger partial charge on any atom is 0.327 e. The maximum absolute atomic E-state index is 11.2. The van der Waals surface area contributed by atoms with Crippen LogP contribution in [-0.2, 0) is 4.79 Å². The standard InChI is InChI=1S/C11H12N2O4S/c14-11(15)10-7-18-6-5-12(10)8-3-1-2-4-9(8)13(16)17/h1-4,10H,5-7H2,(H,14,15). The molecular weight excluding hydrogens is 256 g/mol. The fraction of sp³-hybridized carbons (Fsp3) is 0.364. The van der Waals surface area contributed by atoms with Gasteiger partial charge in [-0.2, -0.15) is 11.8 Å². The van der Waals surface area contributed by atoms with E-state index in [9.17, 15) is 20.0 Å². The summed E-state index contributed by atoms with van der Waals surface area (Å²) in [7, 11) is 0. The molecular formula is C11H12N2O4S. The average Bonchev–Trinajstić information content (AvgIpc) is 2.38. The predicted molar refractivity (Wildman–Crippen MR) is 69.2 cm³/mol. The quantitative estimate of drug-likeness (QED) is 0.662. The lowest BCUT2D eigenvalue weighted by molar-refractivity contribution is -0.384. The number of nitro benzene ring substituents is 1. The molecule has 18 heavy (non-hydrogen) atoms. The lowest BCUT2D eigenvalue weighted by Crippen LogP contribution is -2.47. The monoisotopic (exact) mass is 268 g/mol. The summed E-state index contributed by atoms with van der Waals surface area (Å²) < 4.78 is 0. The smallest absolute Gasteiger partial charge is 0.327 e. The van der Waals surface area contributed by atoms with E-state index in [1.165, 1.54) is 6.07 Å². The van der Waals surface area contributed by atoms with Crippen LogP contribution in [-0.4, -0.2) is 40.1 Å². The molecule has 6 nitrogen and oxygen atoms in total. The van der Waals surface area contributed by atoms with Crippen molar-refractivity contribution < 1.29 is 14.8 Å². The van der Waals surface area contributed by atoms with Gasteiger partial charge in [-0.3, -0.25) is 10.1 Å². The highest BCUT2D eigenvalue weighted by Gasteiger charge is 2.32. The van der Waals surface area contributed by atoms with Crippen molar-refractivity contribution in [1.82, 2.24) is 0 Å². The van der Waals surface area contributed by atoms with E-state index in [2.05, 4.69) is 0 Å². The van der Waals surface area contributed by atoms with Gasteiger partial charge in [0, 0.05) is 24.1 Å². The molecule has 1 heterocycles. The molecule has 1 atom stereocenters. The molecule has 7 heteroatoms. The topological polar surface area (TPSA) is 83.7 Å². The van der Waals surface area contributed by atoms with E-state index < -0.39 is 16.9 Å². The Morgan fingerprint density at radius 1 is 1.50 bits per heavy atom. The van der Waals surface area contributed by atoms with Crippen molar-refractivity contribution >= 4 is 29.1 Å². The summed E-state index contributed by atoms with van der Waals surface area (Å²) in [5.41, 5.74) is 0.339. The van der Waals surface area contributed by atoms with Crippen molar-refractivity contribution in [2.45, 2.75) is 6.04 Å². The SMILES string of the molecule is O=C(O)C1CSCCN1c1ccccc1[N+](=O)[O-]. The van der Waals surface area contributed by atoms with Crippen LogP contribution in [0.3, 0.4) is 0 Å². The third-order valence-corrected chi connectivity index (χ3v) is 3.82. The van der Waals surface area contributed by atoms with Crippen molar-refractivity contribution in [1.29, 1.82) is 0 Å². The van der Waals surface area contributed by atoms with E-state index in [4.69, 9.17) is 0 Å². The van der Waals surface area contributed by atoms with Gasteiger partial charge >= 0.3 is 5.97 Å². The second-order valence-corrected chi connectivity index (χ2v) is 5.02. The number of hydrogen-bond acceptors (Lipinski definition) is 5. The molecule has 2 rings (SSSR count). The van der Waals surface area contributed by atoms with E-state index in [0.717, 1.165) is 5.75 Å². The Morgan fingerprint density at radius 3 is 2.89 bits per heavy atom. The zero-order valence-corrected chi connectivity index (χ0v) is 10.3. The lowest BCUT2D eigenvalue weighted by Gasteiger charge is -2.33. The van der Waals surface area contributed by atoms with Gasteiger partial charge in [0.2, 0.25) is 0 Å². The molecule has 0 aliphatic carbocycles. The number of para-hydroxylation sites is 2. The number of hydrogen-bond donors (Lipinski definition) is 1. The highest BCUT2D eigenvalue weighted by molar-refractivity contribution is 7.99. The minimum absolute atomic E-state index is 0.0457. The van der Waals surface area contributed by atoms with Gasteiger partial charge in [0.25, 0.3) is 5.69 Å². The normalized spacial score (nSPS) is 19.6. The number of nitro groups is 1. The van der Waals surface area contributed by atoms with Crippen LogP contribution in [0.4, 0.5) is 11.4 Å². The summed E-state index contributed by atoms with van der Waals surface area (Å²) in [5, 5.41) is 20.1. The van der Waals surface area contributed by atoms with Gasteiger partial charge in [-0.05, 0) is 6.07 Å². The Bertz CT molecular complexity index is 480. The second kappa shape index (κ2) is 5.26. The molecule has 0 amide bonds. The minimum Gasteiger partial charge on any atom is -0.480 e. The molecule has 0 aromatic heterocycles. The molecule has 1 unspecified atom stereocenters. The molecule has 1 N–H and O–H groups in total. The molecule has 0 spiro atoms. The number of carbonyl (C=O) groups is 1. The van der Waals surface area contributed by atoms with E-state index in [-0.39, 0.29) is 5.69 Å². The first-order valence-electron chi connectivity index (χ1n) is 5.42. The van der Waals surface area contributed by atoms with Gasteiger partial charge in [0.1, 0.15) is 11.7 Å². The van der Waals surface area contributed by atoms with E-state index in [1.54, 1.807) is 34.9 Å². The third-order valence-electron chi connectivity index (χ3n) is 2.80. The number of aliphatic carboxylic acids is 1. The number of rotatable bonds is 3. The summed E-state index contributed by atoms with van der Waals surface area (Å²) in [6, 6.07) is 5.56. The van der Waals surface area contributed by atoms with Gasteiger partial charge in [-0.15, -0.1) is 0 Å². The van der Waals surface area contributed by atoms with Crippen LogP contribution in [0.25, 0.3) is 0 Å². The van der Waals surface area contributed by atoms with E-state index in [0.29, 0.717) is 18.0 Å². The number of carboxylic acid groups (broad SMARTS) is 1. The molecule has 0 radical (unpaired) electrons. The van der Waals surface area contributed by atoms with Crippen LogP contribution < -0.4 is 4.90 Å². The molecule has 1 aliphatic rings. The van der Waals surface area contributed by atoms with Gasteiger partial charge in [0.05, 0.1) is 4.92 Å². The van der Waals surface area contributed by atoms with Crippen LogP contribution in [0.15, 0.2) is 24.3 Å². The van der Waals surface area contributed by atoms with Gasteiger partial charge < -0.3 is 10.0 Å². The van der Waals surface area contributed by atoms with Crippen molar-refractivity contribution in [3.05, 3.63) is 34.4 Å². The largest absolute Gasteiger partial charge is 0.480 e. The Hall–Kier alpha value is -1.76. The first-order chi connectivity index (χ1) is 8.61. The summed E-state index contributed by atoms with van der Waals surface area (Å²) in [4.78, 5) is 23.3. The predicted octanol–water partition coefficient (Wildman–Crippen LogP) is 1.60.